The number of aliphatic hydroxyl groups is 2. The van der Waals surface area contributed by atoms with Crippen molar-refractivity contribution < 1.29 is 14.6 Å². The van der Waals surface area contributed by atoms with E-state index < -0.39 is 0 Å². The first kappa shape index (κ1) is 13.7. The lowest BCUT2D eigenvalue weighted by atomic mass is 10.2. The maximum absolute atomic E-state index is 8.96. The Balaban J connectivity index is 2.04. The van der Waals surface area contributed by atoms with Crippen molar-refractivity contribution in [3.8, 4) is 11.5 Å². The van der Waals surface area contributed by atoms with Crippen molar-refractivity contribution in [3.05, 3.63) is 42.3 Å². The largest absolute Gasteiger partial charge is 0.444 e. The van der Waals surface area contributed by atoms with Gasteiger partial charge in [0.25, 0.3) is 0 Å². The Morgan fingerprint density at radius 2 is 1.74 bits per heavy atom. The monoisotopic (exact) mass is 262 g/mol. The average Bonchev–Trinajstić information content (AvgIpc) is 2.89. The second kappa shape index (κ2) is 7.04. The van der Waals surface area contributed by atoms with Crippen LogP contribution in [-0.4, -0.2) is 46.4 Å². The van der Waals surface area contributed by atoms with Crippen LogP contribution in [0.5, 0.6) is 0 Å². The summed E-state index contributed by atoms with van der Waals surface area (Å²) >= 11 is 0. The van der Waals surface area contributed by atoms with Crippen LogP contribution in [-0.2, 0) is 6.54 Å². The van der Waals surface area contributed by atoms with Crippen molar-refractivity contribution in [3.63, 3.8) is 0 Å². The van der Waals surface area contributed by atoms with E-state index in [-0.39, 0.29) is 13.2 Å². The molecule has 0 radical (unpaired) electrons. The van der Waals surface area contributed by atoms with E-state index in [0.717, 1.165) is 11.3 Å². The zero-order valence-electron chi connectivity index (χ0n) is 10.7. The topological polar surface area (TPSA) is 69.7 Å². The predicted molar refractivity (Wildman–Crippen MR) is 71.4 cm³/mol. The summed E-state index contributed by atoms with van der Waals surface area (Å²) in [6.45, 7) is 1.69. The highest BCUT2D eigenvalue weighted by Gasteiger charge is 2.10. The fourth-order valence-corrected chi connectivity index (χ4v) is 1.87. The highest BCUT2D eigenvalue weighted by atomic mass is 16.3. The van der Waals surface area contributed by atoms with Gasteiger partial charge in [-0.2, -0.15) is 0 Å². The number of hydrogen-bond acceptors (Lipinski definition) is 5. The van der Waals surface area contributed by atoms with Gasteiger partial charge in [-0.15, -0.1) is 0 Å². The van der Waals surface area contributed by atoms with Crippen molar-refractivity contribution in [2.75, 3.05) is 26.3 Å². The normalized spacial score (nSPS) is 11.1. The number of oxazole rings is 1. The third kappa shape index (κ3) is 3.89. The van der Waals surface area contributed by atoms with Crippen LogP contribution in [0.25, 0.3) is 11.5 Å². The molecule has 2 rings (SSSR count). The third-order valence-electron chi connectivity index (χ3n) is 2.79. The number of aliphatic hydroxyl groups excluding tert-OH is 2. The molecule has 5 heteroatoms. The summed E-state index contributed by atoms with van der Waals surface area (Å²) in [5.74, 6) is 0.587. The fourth-order valence-electron chi connectivity index (χ4n) is 1.87. The number of aromatic nitrogens is 1. The molecule has 1 heterocycles. The summed E-state index contributed by atoms with van der Waals surface area (Å²) in [5.41, 5.74) is 1.73. The zero-order chi connectivity index (χ0) is 13.5. The van der Waals surface area contributed by atoms with Crippen LogP contribution in [0, 0.1) is 0 Å². The molecule has 19 heavy (non-hydrogen) atoms. The second-order valence-electron chi connectivity index (χ2n) is 4.23. The van der Waals surface area contributed by atoms with E-state index in [4.69, 9.17) is 14.6 Å². The molecule has 0 saturated heterocycles. The predicted octanol–water partition coefficient (Wildman–Crippen LogP) is 1.13. The third-order valence-corrected chi connectivity index (χ3v) is 2.79. The number of rotatable bonds is 7. The van der Waals surface area contributed by atoms with Gasteiger partial charge < -0.3 is 14.6 Å². The van der Waals surface area contributed by atoms with Crippen molar-refractivity contribution in [2.45, 2.75) is 6.54 Å². The Kier molecular flexibility index (Phi) is 5.09. The highest BCUT2D eigenvalue weighted by Crippen LogP contribution is 2.18. The lowest BCUT2D eigenvalue weighted by molar-refractivity contribution is 0.154. The Morgan fingerprint density at radius 1 is 1.05 bits per heavy atom. The van der Waals surface area contributed by atoms with Gasteiger partial charge in [-0.1, -0.05) is 18.2 Å². The molecule has 0 aliphatic carbocycles. The lowest BCUT2D eigenvalue weighted by Crippen LogP contribution is -2.29. The smallest absolute Gasteiger partial charge is 0.226 e. The molecule has 0 atom stereocenters. The Hall–Kier alpha value is -1.69. The first-order valence-electron chi connectivity index (χ1n) is 6.27. The van der Waals surface area contributed by atoms with Crippen molar-refractivity contribution >= 4 is 0 Å². The molecule has 1 aromatic carbocycles. The minimum absolute atomic E-state index is 0.0589. The van der Waals surface area contributed by atoms with Gasteiger partial charge in [0.1, 0.15) is 6.26 Å². The maximum atomic E-state index is 8.96. The molecule has 102 valence electrons. The number of nitrogens with zero attached hydrogens (tertiary/aromatic N) is 2. The Morgan fingerprint density at radius 3 is 2.37 bits per heavy atom. The van der Waals surface area contributed by atoms with E-state index in [2.05, 4.69) is 4.98 Å². The van der Waals surface area contributed by atoms with Gasteiger partial charge in [0.15, 0.2) is 0 Å². The van der Waals surface area contributed by atoms with Crippen molar-refractivity contribution in [2.24, 2.45) is 0 Å². The number of benzene rings is 1. The van der Waals surface area contributed by atoms with E-state index in [1.54, 1.807) is 6.26 Å². The van der Waals surface area contributed by atoms with Crippen LogP contribution < -0.4 is 0 Å². The highest BCUT2D eigenvalue weighted by molar-refractivity contribution is 5.52. The molecular formula is C14H18N2O3. The molecule has 2 aromatic rings. The molecule has 0 saturated carbocycles. The van der Waals surface area contributed by atoms with Crippen LogP contribution in [0.4, 0.5) is 0 Å². The van der Waals surface area contributed by atoms with E-state index >= 15 is 0 Å². The summed E-state index contributed by atoms with van der Waals surface area (Å²) < 4.78 is 5.45. The van der Waals surface area contributed by atoms with E-state index in [1.807, 2.05) is 35.2 Å². The van der Waals surface area contributed by atoms with Crippen LogP contribution in [0.1, 0.15) is 5.69 Å². The van der Waals surface area contributed by atoms with Gasteiger partial charge in [-0.25, -0.2) is 4.98 Å². The summed E-state index contributed by atoms with van der Waals surface area (Å²) in [5, 5.41) is 17.9. The zero-order valence-corrected chi connectivity index (χ0v) is 10.7. The van der Waals surface area contributed by atoms with Gasteiger partial charge in [-0.3, -0.25) is 4.90 Å². The molecular weight excluding hydrogens is 244 g/mol. The fraction of sp³-hybridized carbons (Fsp3) is 0.357. The van der Waals surface area contributed by atoms with Gasteiger partial charge in [0.05, 0.1) is 18.9 Å². The summed E-state index contributed by atoms with van der Waals surface area (Å²) in [6, 6.07) is 9.69. The number of hydrogen-bond donors (Lipinski definition) is 2. The molecule has 1 aromatic heterocycles. The summed E-state index contributed by atoms with van der Waals surface area (Å²) in [7, 11) is 0. The van der Waals surface area contributed by atoms with Crippen LogP contribution in [0.15, 0.2) is 41.0 Å². The Labute approximate surface area is 112 Å². The summed E-state index contributed by atoms with van der Waals surface area (Å²) in [4.78, 5) is 6.34. The van der Waals surface area contributed by atoms with Crippen molar-refractivity contribution in [1.29, 1.82) is 0 Å². The molecule has 0 fully saturated rings. The van der Waals surface area contributed by atoms with Crippen LogP contribution >= 0.6 is 0 Å². The molecule has 5 nitrogen and oxygen atoms in total. The first-order valence-corrected chi connectivity index (χ1v) is 6.27. The standard InChI is InChI=1S/C14H18N2O3/c17-8-6-16(7-9-18)10-13-11-19-14(15-13)12-4-2-1-3-5-12/h1-5,11,17-18H,6-10H2. The lowest BCUT2D eigenvalue weighted by Gasteiger charge is -2.18. The van der Waals surface area contributed by atoms with Gasteiger partial charge >= 0.3 is 0 Å². The van der Waals surface area contributed by atoms with Crippen LogP contribution in [0.3, 0.4) is 0 Å². The maximum Gasteiger partial charge on any atom is 0.226 e. The first-order chi connectivity index (χ1) is 9.33. The Bertz CT molecular complexity index is 478. The molecule has 0 aliphatic heterocycles. The minimum atomic E-state index is 0.0589. The quantitative estimate of drug-likeness (QED) is 0.782. The van der Waals surface area contributed by atoms with Gasteiger partial charge in [-0.05, 0) is 12.1 Å². The molecule has 0 bridgehead atoms. The average molecular weight is 262 g/mol. The molecule has 0 unspecified atom stereocenters. The molecule has 0 aliphatic rings. The van der Waals surface area contributed by atoms with Gasteiger partial charge in [0.2, 0.25) is 5.89 Å². The molecule has 0 spiro atoms. The van der Waals surface area contributed by atoms with Crippen LogP contribution in [0.2, 0.25) is 0 Å². The second-order valence-corrected chi connectivity index (χ2v) is 4.23. The van der Waals surface area contributed by atoms with E-state index in [9.17, 15) is 0 Å². The minimum Gasteiger partial charge on any atom is -0.444 e. The molecule has 0 amide bonds. The van der Waals surface area contributed by atoms with E-state index in [0.29, 0.717) is 25.5 Å². The molecule has 2 N–H and O–H groups in total. The van der Waals surface area contributed by atoms with E-state index in [1.165, 1.54) is 0 Å². The summed E-state index contributed by atoms with van der Waals surface area (Å²) in [6.07, 6.45) is 1.62. The SMILES string of the molecule is OCCN(CCO)Cc1coc(-c2ccccc2)n1. The van der Waals surface area contributed by atoms with Gasteiger partial charge in [0, 0.05) is 25.2 Å². The van der Waals surface area contributed by atoms with Crippen molar-refractivity contribution in [1.82, 2.24) is 9.88 Å².